The van der Waals surface area contributed by atoms with E-state index in [1.165, 1.54) is 19.1 Å². The molecule has 3 heterocycles. The molecule has 1 aromatic carbocycles. The normalized spacial score (nSPS) is 17.1. The van der Waals surface area contributed by atoms with Crippen molar-refractivity contribution in [1.82, 2.24) is 14.8 Å². The Bertz CT molecular complexity index is 1260. The highest BCUT2D eigenvalue weighted by Crippen LogP contribution is 2.37. The molecule has 9 nitrogen and oxygen atoms in total. The number of benzene rings is 1. The number of halogens is 1. The smallest absolute Gasteiger partial charge is 0.256 e. The van der Waals surface area contributed by atoms with Gasteiger partial charge in [0.05, 0.1) is 22.5 Å². The second-order valence-electron chi connectivity index (χ2n) is 9.49. The van der Waals surface area contributed by atoms with Gasteiger partial charge in [0.25, 0.3) is 17.7 Å². The van der Waals surface area contributed by atoms with E-state index in [1.807, 2.05) is 11.8 Å². The molecule has 0 unspecified atom stereocenters. The zero-order chi connectivity index (χ0) is 26.9. The van der Waals surface area contributed by atoms with E-state index < -0.39 is 23.7 Å². The lowest BCUT2D eigenvalue weighted by Crippen LogP contribution is -2.38. The van der Waals surface area contributed by atoms with Crippen LogP contribution in [0.25, 0.3) is 11.6 Å². The van der Waals surface area contributed by atoms with Crippen LogP contribution in [0.15, 0.2) is 12.1 Å². The fourth-order valence-electron chi connectivity index (χ4n) is 4.85. The van der Waals surface area contributed by atoms with Crippen LogP contribution < -0.4 is 10.6 Å². The third-order valence-electron chi connectivity index (χ3n) is 7.12. The fourth-order valence-corrected chi connectivity index (χ4v) is 4.85. The summed E-state index contributed by atoms with van der Waals surface area (Å²) in [5.41, 5.74) is 3.71. The Labute approximate surface area is 215 Å². The second kappa shape index (κ2) is 10.9. The highest BCUT2D eigenvalue weighted by molar-refractivity contribution is 6.35. The third-order valence-corrected chi connectivity index (χ3v) is 7.12. The lowest BCUT2D eigenvalue weighted by molar-refractivity contribution is -0.123. The molecule has 2 aliphatic heterocycles. The first kappa shape index (κ1) is 26.6. The van der Waals surface area contributed by atoms with Crippen molar-refractivity contribution in [2.24, 2.45) is 0 Å². The molecule has 4 rings (SSSR count). The van der Waals surface area contributed by atoms with E-state index in [9.17, 15) is 23.9 Å². The van der Waals surface area contributed by atoms with Gasteiger partial charge >= 0.3 is 0 Å². The van der Waals surface area contributed by atoms with E-state index in [0.717, 1.165) is 43.7 Å². The lowest BCUT2D eigenvalue weighted by Gasteiger charge is -2.25. The number of aromatic amines is 1. The van der Waals surface area contributed by atoms with Crippen LogP contribution in [-0.2, 0) is 16.0 Å². The van der Waals surface area contributed by atoms with Gasteiger partial charge in [-0.3, -0.25) is 14.4 Å². The molecule has 0 radical (unpaired) electrons. The summed E-state index contributed by atoms with van der Waals surface area (Å²) < 4.78 is 14.8. The molecule has 10 heteroatoms. The van der Waals surface area contributed by atoms with Crippen molar-refractivity contribution >= 4 is 40.7 Å². The summed E-state index contributed by atoms with van der Waals surface area (Å²) in [7, 11) is 0. The Kier molecular flexibility index (Phi) is 7.79. The minimum Gasteiger partial charge on any atom is -0.384 e. The number of aliphatic hydroxyl groups excluding tert-OH is 1. The number of hydrogen-bond donors (Lipinski definition) is 4. The predicted octanol–water partition coefficient (Wildman–Crippen LogP) is 3.00. The summed E-state index contributed by atoms with van der Waals surface area (Å²) in [4.78, 5) is 45.6. The summed E-state index contributed by atoms with van der Waals surface area (Å²) in [6.07, 6.45) is 1.89. The van der Waals surface area contributed by atoms with Crippen molar-refractivity contribution in [2.45, 2.75) is 46.6 Å². The molecule has 4 N–H and O–H groups in total. The number of carbonyl (C=O) groups is 3. The number of aromatic nitrogens is 1. The van der Waals surface area contributed by atoms with E-state index in [-0.39, 0.29) is 17.2 Å². The van der Waals surface area contributed by atoms with Gasteiger partial charge in [-0.1, -0.05) is 13.8 Å². The van der Waals surface area contributed by atoms with Crippen molar-refractivity contribution in [1.29, 1.82) is 0 Å². The van der Waals surface area contributed by atoms with Gasteiger partial charge in [0, 0.05) is 36.6 Å². The summed E-state index contributed by atoms with van der Waals surface area (Å²) in [5, 5.41) is 14.4. The molecule has 1 aromatic heterocycles. The Balaban J connectivity index is 1.63. The fraction of sp³-hybridized carbons (Fsp3) is 0.444. The van der Waals surface area contributed by atoms with Crippen molar-refractivity contribution in [3.05, 3.63) is 46.0 Å². The lowest BCUT2D eigenvalue weighted by atomic mass is 10.0. The first-order valence-corrected chi connectivity index (χ1v) is 12.7. The minimum atomic E-state index is -1.31. The van der Waals surface area contributed by atoms with Gasteiger partial charge in [0.2, 0.25) is 0 Å². The Morgan fingerprint density at radius 3 is 2.70 bits per heavy atom. The zero-order valence-corrected chi connectivity index (χ0v) is 21.7. The van der Waals surface area contributed by atoms with Gasteiger partial charge in [0.15, 0.2) is 0 Å². The van der Waals surface area contributed by atoms with Crippen LogP contribution in [0.3, 0.4) is 0 Å². The highest BCUT2D eigenvalue weighted by atomic mass is 19.1. The van der Waals surface area contributed by atoms with Crippen molar-refractivity contribution < 1.29 is 23.9 Å². The van der Waals surface area contributed by atoms with Crippen molar-refractivity contribution in [3.8, 4) is 0 Å². The van der Waals surface area contributed by atoms with E-state index in [0.29, 0.717) is 35.6 Å². The number of likely N-dealkylation sites (N-methyl/N-ethyl adjacent to an activating group) is 1. The molecule has 0 aliphatic carbocycles. The third kappa shape index (κ3) is 5.30. The van der Waals surface area contributed by atoms with Crippen LogP contribution in [0, 0.1) is 12.7 Å². The topological polar surface area (TPSA) is 118 Å². The summed E-state index contributed by atoms with van der Waals surface area (Å²) in [6, 6.07) is 2.51. The number of nitrogens with zero attached hydrogens (tertiary/aromatic N) is 2. The number of carbonyl (C=O) groups excluding carboxylic acids is 3. The number of nitrogens with one attached hydrogen (secondary N) is 3. The van der Waals surface area contributed by atoms with E-state index in [1.54, 1.807) is 6.08 Å². The van der Waals surface area contributed by atoms with Gasteiger partial charge in [-0.15, -0.1) is 0 Å². The monoisotopic (exact) mass is 511 g/mol. The molecule has 0 saturated carbocycles. The number of rotatable bonds is 8. The maximum atomic E-state index is 14.8. The van der Waals surface area contributed by atoms with Crippen LogP contribution in [0.2, 0.25) is 0 Å². The van der Waals surface area contributed by atoms with Crippen LogP contribution in [0.1, 0.15) is 60.1 Å². The van der Waals surface area contributed by atoms with Crippen molar-refractivity contribution in [2.75, 3.05) is 43.4 Å². The number of aryl methyl sites for hydroxylation is 1. The van der Waals surface area contributed by atoms with Gasteiger partial charge in [0.1, 0.15) is 11.9 Å². The van der Waals surface area contributed by atoms with Gasteiger partial charge in [-0.2, -0.15) is 0 Å². The SMILES string of the molecule is CCN(CC)CCN1CCCc2[nH]c(/C=C3\C(=O)Nc4cc(NC(=O)[C@H](C)O)c(F)cc43)c(C)c2C1=O. The molecular formula is C27H34FN5O4. The molecule has 1 atom stereocenters. The molecule has 0 saturated heterocycles. The molecule has 37 heavy (non-hydrogen) atoms. The standard InChI is InChI=1S/C27H34FN5O4/c1-5-32(6-2)10-11-33-9-7-8-20-24(27(33)37)15(3)21(29-20)13-18-17-12-19(28)23(31-25(35)16(4)34)14-22(17)30-26(18)36/h12-14,16,29,34H,5-11H2,1-4H3,(H,30,36)(H,31,35)/b18-13-/t16-/m0/s1. The second-order valence-corrected chi connectivity index (χ2v) is 9.49. The van der Waals surface area contributed by atoms with Gasteiger partial charge in [-0.05, 0) is 63.6 Å². The van der Waals surface area contributed by atoms with Gasteiger partial charge < -0.3 is 30.5 Å². The van der Waals surface area contributed by atoms with Gasteiger partial charge in [-0.25, -0.2) is 4.39 Å². The van der Waals surface area contributed by atoms with Crippen LogP contribution in [-0.4, -0.2) is 76.4 Å². The average molecular weight is 512 g/mol. The minimum absolute atomic E-state index is 0.0149. The summed E-state index contributed by atoms with van der Waals surface area (Å²) in [6.45, 7) is 11.4. The summed E-state index contributed by atoms with van der Waals surface area (Å²) >= 11 is 0. The van der Waals surface area contributed by atoms with E-state index in [4.69, 9.17) is 0 Å². The average Bonchev–Trinajstić information content (AvgIpc) is 3.27. The first-order chi connectivity index (χ1) is 17.6. The largest absolute Gasteiger partial charge is 0.384 e. The molecule has 2 aromatic rings. The first-order valence-electron chi connectivity index (χ1n) is 12.7. The molecule has 0 bridgehead atoms. The maximum absolute atomic E-state index is 14.8. The maximum Gasteiger partial charge on any atom is 0.256 e. The van der Waals surface area contributed by atoms with Crippen LogP contribution >= 0.6 is 0 Å². The molecule has 0 spiro atoms. The number of anilines is 2. The Hall–Kier alpha value is -3.50. The van der Waals surface area contributed by atoms with Crippen LogP contribution in [0.4, 0.5) is 15.8 Å². The van der Waals surface area contributed by atoms with Crippen LogP contribution in [0.5, 0.6) is 0 Å². The summed E-state index contributed by atoms with van der Waals surface area (Å²) in [5.74, 6) is -1.91. The Morgan fingerprint density at radius 2 is 2.03 bits per heavy atom. The highest BCUT2D eigenvalue weighted by Gasteiger charge is 2.30. The number of hydrogen-bond acceptors (Lipinski definition) is 5. The Morgan fingerprint density at radius 1 is 1.30 bits per heavy atom. The molecular weight excluding hydrogens is 477 g/mol. The zero-order valence-electron chi connectivity index (χ0n) is 21.7. The van der Waals surface area contributed by atoms with E-state index in [2.05, 4.69) is 34.4 Å². The van der Waals surface area contributed by atoms with Crippen molar-refractivity contribution in [3.63, 3.8) is 0 Å². The number of fused-ring (bicyclic) bond motifs is 2. The predicted molar refractivity (Wildman–Crippen MR) is 141 cm³/mol. The quantitative estimate of drug-likeness (QED) is 0.407. The van der Waals surface area contributed by atoms with E-state index >= 15 is 0 Å². The number of H-pyrrole nitrogens is 1. The molecule has 0 fully saturated rings. The number of amides is 3. The molecule has 198 valence electrons. The number of aliphatic hydroxyl groups is 1. The molecule has 2 aliphatic rings. The molecule has 3 amide bonds.